The first kappa shape index (κ1) is 16.1. The van der Waals surface area contributed by atoms with Gasteiger partial charge in [0.1, 0.15) is 6.61 Å². The minimum Gasteiger partial charge on any atom is -0.478 e. The van der Waals surface area contributed by atoms with Gasteiger partial charge in [0.05, 0.1) is 11.6 Å². The van der Waals surface area contributed by atoms with Crippen molar-refractivity contribution in [3.8, 4) is 0 Å². The fourth-order valence-corrected chi connectivity index (χ4v) is 2.93. The van der Waals surface area contributed by atoms with Crippen molar-refractivity contribution in [1.29, 1.82) is 0 Å². The fraction of sp³-hybridized carbons (Fsp3) is 0.263. The minimum absolute atomic E-state index is 0.0163. The minimum atomic E-state index is -0.945. The van der Waals surface area contributed by atoms with Gasteiger partial charge in [0, 0.05) is 6.54 Å². The Bertz CT molecular complexity index is 729. The van der Waals surface area contributed by atoms with Crippen LogP contribution in [-0.2, 0) is 17.6 Å². The highest BCUT2D eigenvalue weighted by Crippen LogP contribution is 2.18. The Hall–Kier alpha value is -2.82. The summed E-state index contributed by atoms with van der Waals surface area (Å²) in [6, 6.07) is 16.8. The number of carbonyl (C=O) groups is 2. The summed E-state index contributed by atoms with van der Waals surface area (Å²) < 4.78 is 5.19. The number of benzene rings is 2. The number of carboxylic acid groups (broad SMARTS) is 1. The number of cyclic esters (lactones) is 1. The van der Waals surface area contributed by atoms with E-state index in [1.165, 1.54) is 5.56 Å². The Labute approximate surface area is 140 Å². The molecule has 5 heteroatoms. The molecule has 24 heavy (non-hydrogen) atoms. The van der Waals surface area contributed by atoms with Gasteiger partial charge >= 0.3 is 12.1 Å². The van der Waals surface area contributed by atoms with Gasteiger partial charge in [-0.15, -0.1) is 0 Å². The van der Waals surface area contributed by atoms with Gasteiger partial charge < -0.3 is 14.7 Å². The number of nitrogens with zero attached hydrogens (tertiary/aromatic N) is 1. The zero-order valence-electron chi connectivity index (χ0n) is 13.2. The Morgan fingerprint density at radius 3 is 2.62 bits per heavy atom. The SMILES string of the molecule is O=C(O)c1cccc(CCN2C(=O)OC[C@H]2Cc2ccccc2)c1. The first-order valence-corrected chi connectivity index (χ1v) is 7.93. The number of aromatic carboxylic acids is 1. The summed E-state index contributed by atoms with van der Waals surface area (Å²) in [6.07, 6.45) is 1.05. The topological polar surface area (TPSA) is 66.8 Å². The van der Waals surface area contributed by atoms with E-state index in [0.29, 0.717) is 19.6 Å². The van der Waals surface area contributed by atoms with E-state index in [4.69, 9.17) is 9.84 Å². The third-order valence-electron chi connectivity index (χ3n) is 4.20. The van der Waals surface area contributed by atoms with E-state index < -0.39 is 5.97 Å². The monoisotopic (exact) mass is 325 g/mol. The summed E-state index contributed by atoms with van der Waals surface area (Å²) in [5, 5.41) is 9.05. The third kappa shape index (κ3) is 3.74. The summed E-state index contributed by atoms with van der Waals surface area (Å²) in [7, 11) is 0. The average molecular weight is 325 g/mol. The average Bonchev–Trinajstić information content (AvgIpc) is 2.94. The van der Waals surface area contributed by atoms with Gasteiger partial charge in [0.25, 0.3) is 0 Å². The van der Waals surface area contributed by atoms with E-state index in [0.717, 1.165) is 12.0 Å². The van der Waals surface area contributed by atoms with Crippen LogP contribution >= 0.6 is 0 Å². The quantitative estimate of drug-likeness (QED) is 0.886. The predicted molar refractivity (Wildman–Crippen MR) is 89.1 cm³/mol. The lowest BCUT2D eigenvalue weighted by Crippen LogP contribution is -2.36. The van der Waals surface area contributed by atoms with Gasteiger partial charge in [-0.3, -0.25) is 0 Å². The number of carbonyl (C=O) groups excluding carboxylic acids is 1. The summed E-state index contributed by atoms with van der Waals surface area (Å²) in [4.78, 5) is 24.8. The van der Waals surface area contributed by atoms with Crippen LogP contribution in [0.4, 0.5) is 4.79 Å². The van der Waals surface area contributed by atoms with Crippen LogP contribution in [0.5, 0.6) is 0 Å². The molecule has 1 aliphatic rings. The van der Waals surface area contributed by atoms with Crippen LogP contribution in [0.1, 0.15) is 21.5 Å². The maximum absolute atomic E-state index is 12.0. The molecule has 2 aromatic rings. The molecule has 1 aliphatic heterocycles. The molecule has 0 aromatic heterocycles. The lowest BCUT2D eigenvalue weighted by molar-refractivity contribution is 0.0696. The van der Waals surface area contributed by atoms with Gasteiger partial charge in [-0.25, -0.2) is 9.59 Å². The molecule has 0 radical (unpaired) electrons. The second kappa shape index (κ2) is 7.17. The Balaban J connectivity index is 1.65. The smallest absolute Gasteiger partial charge is 0.410 e. The van der Waals surface area contributed by atoms with Crippen LogP contribution in [0.2, 0.25) is 0 Å². The van der Waals surface area contributed by atoms with Gasteiger partial charge in [-0.05, 0) is 36.1 Å². The van der Waals surface area contributed by atoms with Crippen LogP contribution in [0.15, 0.2) is 54.6 Å². The Kier molecular flexibility index (Phi) is 4.79. The Morgan fingerprint density at radius 2 is 1.88 bits per heavy atom. The van der Waals surface area contributed by atoms with E-state index in [-0.39, 0.29) is 17.7 Å². The molecule has 0 spiro atoms. The molecule has 0 aliphatic carbocycles. The number of hydrogen-bond acceptors (Lipinski definition) is 3. The van der Waals surface area contributed by atoms with Crippen LogP contribution < -0.4 is 0 Å². The molecular formula is C19H19NO4. The number of carboxylic acids is 1. The van der Waals surface area contributed by atoms with Crippen molar-refractivity contribution < 1.29 is 19.4 Å². The molecule has 2 aromatic carbocycles. The van der Waals surface area contributed by atoms with E-state index in [9.17, 15) is 9.59 Å². The molecule has 1 saturated heterocycles. The van der Waals surface area contributed by atoms with Crippen molar-refractivity contribution in [2.24, 2.45) is 0 Å². The molecule has 1 heterocycles. The summed E-state index contributed by atoms with van der Waals surface area (Å²) in [6.45, 7) is 0.905. The second-order valence-electron chi connectivity index (χ2n) is 5.87. The van der Waals surface area contributed by atoms with Gasteiger partial charge in [0.2, 0.25) is 0 Å². The van der Waals surface area contributed by atoms with Crippen molar-refractivity contribution in [2.75, 3.05) is 13.2 Å². The van der Waals surface area contributed by atoms with Gasteiger partial charge in [0.15, 0.2) is 0 Å². The van der Waals surface area contributed by atoms with Crippen molar-refractivity contribution >= 4 is 12.1 Å². The molecule has 1 amide bonds. The fourth-order valence-electron chi connectivity index (χ4n) is 2.93. The maximum Gasteiger partial charge on any atom is 0.410 e. The van der Waals surface area contributed by atoms with Crippen LogP contribution in [0, 0.1) is 0 Å². The molecule has 1 fully saturated rings. The summed E-state index contributed by atoms with van der Waals surface area (Å²) in [5.74, 6) is -0.945. The van der Waals surface area contributed by atoms with Gasteiger partial charge in [-0.2, -0.15) is 0 Å². The van der Waals surface area contributed by atoms with E-state index in [1.54, 1.807) is 23.1 Å². The van der Waals surface area contributed by atoms with Crippen molar-refractivity contribution in [3.63, 3.8) is 0 Å². The summed E-state index contributed by atoms with van der Waals surface area (Å²) >= 11 is 0. The predicted octanol–water partition coefficient (Wildman–Crippen LogP) is 2.99. The highest BCUT2D eigenvalue weighted by molar-refractivity contribution is 5.87. The third-order valence-corrected chi connectivity index (χ3v) is 4.20. The lowest BCUT2D eigenvalue weighted by atomic mass is 10.0. The molecule has 1 atom stereocenters. The van der Waals surface area contributed by atoms with E-state index in [1.807, 2.05) is 36.4 Å². The first-order valence-electron chi connectivity index (χ1n) is 7.93. The molecule has 1 N–H and O–H groups in total. The number of amides is 1. The zero-order chi connectivity index (χ0) is 16.9. The van der Waals surface area contributed by atoms with Crippen molar-refractivity contribution in [3.05, 3.63) is 71.3 Å². The first-order chi connectivity index (χ1) is 11.6. The van der Waals surface area contributed by atoms with Crippen molar-refractivity contribution in [1.82, 2.24) is 4.90 Å². The van der Waals surface area contributed by atoms with E-state index in [2.05, 4.69) is 0 Å². The lowest BCUT2D eigenvalue weighted by Gasteiger charge is -2.21. The molecule has 124 valence electrons. The zero-order valence-corrected chi connectivity index (χ0v) is 13.2. The maximum atomic E-state index is 12.0. The normalized spacial score (nSPS) is 16.9. The van der Waals surface area contributed by atoms with E-state index >= 15 is 0 Å². The highest BCUT2D eigenvalue weighted by Gasteiger charge is 2.32. The van der Waals surface area contributed by atoms with Gasteiger partial charge in [-0.1, -0.05) is 42.5 Å². The number of rotatable bonds is 6. The van der Waals surface area contributed by atoms with Crippen LogP contribution in [0.3, 0.4) is 0 Å². The molecule has 0 saturated carbocycles. The molecule has 3 rings (SSSR count). The van der Waals surface area contributed by atoms with Crippen LogP contribution in [-0.4, -0.2) is 41.3 Å². The highest BCUT2D eigenvalue weighted by atomic mass is 16.6. The standard InChI is InChI=1S/C19H19NO4/c21-18(22)16-8-4-7-15(11-16)9-10-20-17(13-24-19(20)23)12-14-5-2-1-3-6-14/h1-8,11,17H,9-10,12-13H2,(H,21,22)/t17-/m1/s1. The molecule has 0 unspecified atom stereocenters. The molecule has 0 bridgehead atoms. The molecule has 5 nitrogen and oxygen atoms in total. The second-order valence-corrected chi connectivity index (χ2v) is 5.87. The Morgan fingerprint density at radius 1 is 1.12 bits per heavy atom. The number of ether oxygens (including phenoxy) is 1. The van der Waals surface area contributed by atoms with Crippen molar-refractivity contribution in [2.45, 2.75) is 18.9 Å². The molecular weight excluding hydrogens is 306 g/mol. The summed E-state index contributed by atoms with van der Waals surface area (Å²) in [5.41, 5.74) is 2.32. The largest absolute Gasteiger partial charge is 0.478 e. The number of hydrogen-bond donors (Lipinski definition) is 1. The van der Waals surface area contributed by atoms with Crippen LogP contribution in [0.25, 0.3) is 0 Å².